The van der Waals surface area contributed by atoms with Gasteiger partial charge in [-0.3, -0.25) is 0 Å². The molecule has 0 aliphatic heterocycles. The average Bonchev–Trinajstić information content (AvgIpc) is 2.45. The molecule has 0 atom stereocenters. The highest BCUT2D eigenvalue weighted by Gasteiger charge is 2.05. The molecule has 19 heavy (non-hydrogen) atoms. The lowest BCUT2D eigenvalue weighted by Crippen LogP contribution is -2.22. The Labute approximate surface area is 115 Å². The van der Waals surface area contributed by atoms with Crippen LogP contribution in [-0.4, -0.2) is 6.54 Å². The fourth-order valence-electron chi connectivity index (χ4n) is 2.26. The number of anilines is 1. The Kier molecular flexibility index (Phi) is 4.58. The predicted octanol–water partition coefficient (Wildman–Crippen LogP) is 3.48. The first kappa shape index (κ1) is 13.6. The third kappa shape index (κ3) is 3.58. The van der Waals surface area contributed by atoms with Gasteiger partial charge in [0.1, 0.15) is 0 Å². The van der Waals surface area contributed by atoms with Crippen LogP contribution in [0.5, 0.6) is 0 Å². The highest BCUT2D eigenvalue weighted by atomic mass is 15.1. The molecule has 2 aromatic rings. The van der Waals surface area contributed by atoms with Gasteiger partial charge in [-0.05, 0) is 37.1 Å². The molecule has 2 rings (SSSR count). The molecule has 0 saturated heterocycles. The van der Waals surface area contributed by atoms with Crippen molar-refractivity contribution in [3.63, 3.8) is 0 Å². The SMILES string of the molecule is CCN(Cc1cccc(C)c1)c1ccc(CN)cc1. The minimum Gasteiger partial charge on any atom is -0.367 e. The van der Waals surface area contributed by atoms with Crippen molar-refractivity contribution in [3.8, 4) is 0 Å². The molecule has 0 heterocycles. The van der Waals surface area contributed by atoms with Crippen molar-refractivity contribution >= 4 is 5.69 Å². The van der Waals surface area contributed by atoms with Crippen LogP contribution in [0.1, 0.15) is 23.6 Å². The molecular weight excluding hydrogens is 232 g/mol. The van der Waals surface area contributed by atoms with E-state index in [2.05, 4.69) is 67.3 Å². The molecule has 2 N–H and O–H groups in total. The van der Waals surface area contributed by atoms with Crippen LogP contribution in [-0.2, 0) is 13.1 Å². The summed E-state index contributed by atoms with van der Waals surface area (Å²) in [7, 11) is 0. The molecule has 0 saturated carbocycles. The van der Waals surface area contributed by atoms with Gasteiger partial charge in [-0.1, -0.05) is 42.0 Å². The zero-order chi connectivity index (χ0) is 13.7. The highest BCUT2D eigenvalue weighted by Crippen LogP contribution is 2.18. The van der Waals surface area contributed by atoms with Gasteiger partial charge in [0.05, 0.1) is 0 Å². The summed E-state index contributed by atoms with van der Waals surface area (Å²) in [6, 6.07) is 17.2. The second-order valence-corrected chi connectivity index (χ2v) is 4.87. The second-order valence-electron chi connectivity index (χ2n) is 4.87. The monoisotopic (exact) mass is 254 g/mol. The minimum absolute atomic E-state index is 0.601. The maximum absolute atomic E-state index is 5.64. The topological polar surface area (TPSA) is 29.3 Å². The molecule has 2 nitrogen and oxygen atoms in total. The van der Waals surface area contributed by atoms with Gasteiger partial charge in [-0.15, -0.1) is 0 Å². The van der Waals surface area contributed by atoms with Crippen molar-refractivity contribution < 1.29 is 0 Å². The Hall–Kier alpha value is -1.80. The number of rotatable bonds is 5. The van der Waals surface area contributed by atoms with Crippen LogP contribution in [0, 0.1) is 6.92 Å². The zero-order valence-electron chi connectivity index (χ0n) is 11.8. The fraction of sp³-hybridized carbons (Fsp3) is 0.294. The molecule has 2 heteroatoms. The molecule has 0 bridgehead atoms. The first-order chi connectivity index (χ1) is 9.22. The van der Waals surface area contributed by atoms with Crippen molar-refractivity contribution in [1.29, 1.82) is 0 Å². The van der Waals surface area contributed by atoms with Crippen molar-refractivity contribution in [2.24, 2.45) is 5.73 Å². The van der Waals surface area contributed by atoms with Gasteiger partial charge in [0, 0.05) is 25.3 Å². The summed E-state index contributed by atoms with van der Waals surface area (Å²) >= 11 is 0. The van der Waals surface area contributed by atoms with Gasteiger partial charge in [0.15, 0.2) is 0 Å². The first-order valence-corrected chi connectivity index (χ1v) is 6.82. The maximum atomic E-state index is 5.64. The van der Waals surface area contributed by atoms with E-state index < -0.39 is 0 Å². The molecule has 0 aliphatic carbocycles. The highest BCUT2D eigenvalue weighted by molar-refractivity contribution is 5.48. The summed E-state index contributed by atoms with van der Waals surface area (Å²) in [6.07, 6.45) is 0. The normalized spacial score (nSPS) is 10.5. The summed E-state index contributed by atoms with van der Waals surface area (Å²) in [5.74, 6) is 0. The smallest absolute Gasteiger partial charge is 0.0429 e. The lowest BCUT2D eigenvalue weighted by Gasteiger charge is -2.23. The maximum Gasteiger partial charge on any atom is 0.0429 e. The number of hydrogen-bond donors (Lipinski definition) is 1. The Morgan fingerprint density at radius 3 is 2.32 bits per heavy atom. The van der Waals surface area contributed by atoms with Crippen molar-refractivity contribution in [2.75, 3.05) is 11.4 Å². The molecular formula is C17H22N2. The van der Waals surface area contributed by atoms with E-state index in [0.29, 0.717) is 6.54 Å². The summed E-state index contributed by atoms with van der Waals surface area (Å²) in [5.41, 5.74) is 10.7. The standard InChI is InChI=1S/C17H22N2/c1-3-19(13-16-6-4-5-14(2)11-16)17-9-7-15(12-18)8-10-17/h4-11H,3,12-13,18H2,1-2H3. The average molecular weight is 254 g/mol. The van der Waals surface area contributed by atoms with Gasteiger partial charge in [-0.2, -0.15) is 0 Å². The van der Waals surface area contributed by atoms with Crippen LogP contribution < -0.4 is 10.6 Å². The molecule has 100 valence electrons. The van der Waals surface area contributed by atoms with E-state index in [-0.39, 0.29) is 0 Å². The molecule has 0 aromatic heterocycles. The molecule has 2 aromatic carbocycles. The van der Waals surface area contributed by atoms with Crippen molar-refractivity contribution in [3.05, 3.63) is 65.2 Å². The van der Waals surface area contributed by atoms with Crippen LogP contribution in [0.4, 0.5) is 5.69 Å². The van der Waals surface area contributed by atoms with Crippen molar-refractivity contribution in [2.45, 2.75) is 26.9 Å². The van der Waals surface area contributed by atoms with Crippen LogP contribution in [0.3, 0.4) is 0 Å². The second kappa shape index (κ2) is 6.39. The van der Waals surface area contributed by atoms with Crippen LogP contribution in [0.25, 0.3) is 0 Å². The van der Waals surface area contributed by atoms with E-state index in [0.717, 1.165) is 13.1 Å². The molecule has 0 spiro atoms. The van der Waals surface area contributed by atoms with Crippen LogP contribution in [0.15, 0.2) is 48.5 Å². The number of hydrogen-bond acceptors (Lipinski definition) is 2. The molecule has 0 fully saturated rings. The predicted molar refractivity (Wildman–Crippen MR) is 82.2 cm³/mol. The van der Waals surface area contributed by atoms with Crippen molar-refractivity contribution in [1.82, 2.24) is 0 Å². The number of aryl methyl sites for hydroxylation is 1. The van der Waals surface area contributed by atoms with Gasteiger partial charge in [-0.25, -0.2) is 0 Å². The summed E-state index contributed by atoms with van der Waals surface area (Å²) in [5, 5.41) is 0. The van der Waals surface area contributed by atoms with E-state index in [4.69, 9.17) is 5.73 Å². The first-order valence-electron chi connectivity index (χ1n) is 6.82. The van der Waals surface area contributed by atoms with Crippen LogP contribution >= 0.6 is 0 Å². The Morgan fingerprint density at radius 2 is 1.74 bits per heavy atom. The van der Waals surface area contributed by atoms with Crippen LogP contribution in [0.2, 0.25) is 0 Å². The number of benzene rings is 2. The van der Waals surface area contributed by atoms with E-state index in [1.54, 1.807) is 0 Å². The quantitative estimate of drug-likeness (QED) is 0.885. The Balaban J connectivity index is 2.15. The largest absolute Gasteiger partial charge is 0.367 e. The summed E-state index contributed by atoms with van der Waals surface area (Å²) < 4.78 is 0. The van der Waals surface area contributed by atoms with E-state index >= 15 is 0 Å². The zero-order valence-corrected chi connectivity index (χ0v) is 11.8. The summed E-state index contributed by atoms with van der Waals surface area (Å²) in [6.45, 7) is 6.86. The van der Waals surface area contributed by atoms with E-state index in [9.17, 15) is 0 Å². The van der Waals surface area contributed by atoms with Gasteiger partial charge in [0.2, 0.25) is 0 Å². The third-order valence-electron chi connectivity index (χ3n) is 3.37. The lowest BCUT2D eigenvalue weighted by molar-refractivity contribution is 0.830. The fourth-order valence-corrected chi connectivity index (χ4v) is 2.26. The van der Waals surface area contributed by atoms with E-state index in [1.165, 1.54) is 22.4 Å². The molecule has 0 aliphatic rings. The Morgan fingerprint density at radius 1 is 1.00 bits per heavy atom. The third-order valence-corrected chi connectivity index (χ3v) is 3.37. The molecule has 0 unspecified atom stereocenters. The van der Waals surface area contributed by atoms with Gasteiger partial charge >= 0.3 is 0 Å². The minimum atomic E-state index is 0.601. The number of nitrogens with zero attached hydrogens (tertiary/aromatic N) is 1. The number of nitrogens with two attached hydrogens (primary N) is 1. The summed E-state index contributed by atoms with van der Waals surface area (Å²) in [4.78, 5) is 2.37. The lowest BCUT2D eigenvalue weighted by atomic mass is 10.1. The van der Waals surface area contributed by atoms with E-state index in [1.807, 2.05) is 0 Å². The molecule has 0 radical (unpaired) electrons. The van der Waals surface area contributed by atoms with Gasteiger partial charge < -0.3 is 10.6 Å². The Bertz CT molecular complexity index is 517. The van der Waals surface area contributed by atoms with Gasteiger partial charge in [0.25, 0.3) is 0 Å². The molecule has 0 amide bonds.